The van der Waals surface area contributed by atoms with Crippen molar-refractivity contribution in [1.82, 2.24) is 4.90 Å². The molecule has 0 aliphatic rings. The van der Waals surface area contributed by atoms with Gasteiger partial charge in [0.05, 0.1) is 0 Å². The van der Waals surface area contributed by atoms with Gasteiger partial charge in [-0.1, -0.05) is 20.8 Å². The molecule has 0 aliphatic carbocycles. The molecular weight excluding hydrogens is 266 g/mol. The molecule has 0 radical (unpaired) electrons. The predicted molar refractivity (Wildman–Crippen MR) is 87.1 cm³/mol. The number of benzene rings is 1. The average molecular weight is 291 g/mol. The van der Waals surface area contributed by atoms with Gasteiger partial charge in [-0.3, -0.25) is 0 Å². The third kappa shape index (κ3) is 4.33. The van der Waals surface area contributed by atoms with Crippen molar-refractivity contribution in [2.75, 3.05) is 20.1 Å². The van der Waals surface area contributed by atoms with Gasteiger partial charge in [-0.25, -0.2) is 4.79 Å². The maximum atomic E-state index is 11.5. The lowest BCUT2D eigenvalue weighted by molar-refractivity contribution is 0.373. The number of hydrogen-bond donors (Lipinski definition) is 1. The van der Waals surface area contributed by atoms with E-state index in [1.165, 1.54) is 6.07 Å². The number of rotatable bonds is 3. The van der Waals surface area contributed by atoms with Gasteiger partial charge in [-0.2, -0.15) is 0 Å². The molecule has 21 heavy (non-hydrogen) atoms. The van der Waals surface area contributed by atoms with Crippen LogP contribution in [0.5, 0.6) is 5.75 Å². The number of hydrogen-bond acceptors (Lipinski definition) is 4. The van der Waals surface area contributed by atoms with Gasteiger partial charge in [-0.15, -0.1) is 0 Å². The zero-order chi connectivity index (χ0) is 16.0. The molecule has 4 heteroatoms. The molecular formula is C17H25NO3. The van der Waals surface area contributed by atoms with Crippen LogP contribution in [0.25, 0.3) is 11.0 Å². The fourth-order valence-corrected chi connectivity index (χ4v) is 2.02. The van der Waals surface area contributed by atoms with Crippen molar-refractivity contribution in [3.63, 3.8) is 0 Å². The zero-order valence-corrected chi connectivity index (χ0v) is 13.6. The van der Waals surface area contributed by atoms with E-state index in [2.05, 4.69) is 25.8 Å². The van der Waals surface area contributed by atoms with Gasteiger partial charge in [0.15, 0.2) is 0 Å². The van der Waals surface area contributed by atoms with Crippen molar-refractivity contribution in [2.24, 2.45) is 0 Å². The molecule has 0 saturated heterocycles. The molecule has 4 nitrogen and oxygen atoms in total. The molecule has 0 saturated carbocycles. The van der Waals surface area contributed by atoms with Crippen LogP contribution in [0.1, 0.15) is 31.9 Å². The summed E-state index contributed by atoms with van der Waals surface area (Å²) in [6.45, 7) is 10.5. The highest BCUT2D eigenvalue weighted by Crippen LogP contribution is 2.23. The smallest absolute Gasteiger partial charge is 0.339 e. The molecule has 1 aromatic carbocycles. The number of fused-ring (bicyclic) bond motifs is 1. The van der Waals surface area contributed by atoms with Gasteiger partial charge >= 0.3 is 5.63 Å². The van der Waals surface area contributed by atoms with Crippen molar-refractivity contribution in [3.8, 4) is 5.75 Å². The minimum atomic E-state index is -0.312. The van der Waals surface area contributed by atoms with E-state index in [0.717, 1.165) is 24.0 Å². The van der Waals surface area contributed by atoms with E-state index in [-0.39, 0.29) is 11.4 Å². The van der Waals surface area contributed by atoms with Crippen LogP contribution in [-0.4, -0.2) is 30.1 Å². The third-order valence-corrected chi connectivity index (χ3v) is 3.70. The summed E-state index contributed by atoms with van der Waals surface area (Å²) in [4.78, 5) is 13.8. The molecule has 0 unspecified atom stereocenters. The maximum absolute atomic E-state index is 11.5. The molecule has 0 bridgehead atoms. The minimum absolute atomic E-state index is 0.106. The van der Waals surface area contributed by atoms with Crippen molar-refractivity contribution in [3.05, 3.63) is 39.7 Å². The van der Waals surface area contributed by atoms with Crippen LogP contribution in [0.3, 0.4) is 0 Å². The Balaban J connectivity index is 0.000000315. The third-order valence-electron chi connectivity index (χ3n) is 3.70. The topological polar surface area (TPSA) is 53.7 Å². The first-order chi connectivity index (χ1) is 9.94. The SMILES string of the molecule is CCN(C)CC.CCc1c(C)c2ccc(O)cc2oc1=O. The Morgan fingerprint density at radius 1 is 1.19 bits per heavy atom. The molecule has 1 N–H and O–H groups in total. The van der Waals surface area contributed by atoms with Gasteiger partial charge in [0.2, 0.25) is 0 Å². The van der Waals surface area contributed by atoms with E-state index in [4.69, 9.17) is 4.42 Å². The quantitative estimate of drug-likeness (QED) is 0.881. The van der Waals surface area contributed by atoms with E-state index in [9.17, 15) is 9.90 Å². The Morgan fingerprint density at radius 2 is 1.81 bits per heavy atom. The molecule has 1 aromatic heterocycles. The highest BCUT2D eigenvalue weighted by Gasteiger charge is 2.09. The number of phenols is 1. The predicted octanol–water partition coefficient (Wildman–Crippen LogP) is 3.33. The second-order valence-electron chi connectivity index (χ2n) is 5.02. The highest BCUT2D eigenvalue weighted by atomic mass is 16.4. The van der Waals surface area contributed by atoms with Crippen molar-refractivity contribution in [2.45, 2.75) is 34.1 Å². The van der Waals surface area contributed by atoms with E-state index in [1.54, 1.807) is 12.1 Å². The fourth-order valence-electron chi connectivity index (χ4n) is 2.02. The molecule has 0 fully saturated rings. The second kappa shape index (κ2) is 7.84. The lowest BCUT2D eigenvalue weighted by atomic mass is 10.0. The molecule has 0 amide bonds. The summed E-state index contributed by atoms with van der Waals surface area (Å²) in [6, 6.07) is 4.82. The molecule has 0 aliphatic heterocycles. The number of aromatic hydroxyl groups is 1. The number of aryl methyl sites for hydroxylation is 1. The van der Waals surface area contributed by atoms with Crippen LogP contribution in [0.4, 0.5) is 0 Å². The van der Waals surface area contributed by atoms with Gasteiger partial charge in [0.25, 0.3) is 0 Å². The van der Waals surface area contributed by atoms with Gasteiger partial charge < -0.3 is 14.4 Å². The Kier molecular flexibility index (Phi) is 6.43. The van der Waals surface area contributed by atoms with Gasteiger partial charge in [0, 0.05) is 17.0 Å². The lowest BCUT2D eigenvalue weighted by Gasteiger charge is -2.07. The molecule has 0 spiro atoms. The van der Waals surface area contributed by atoms with Gasteiger partial charge in [-0.05, 0) is 51.2 Å². The monoisotopic (exact) mass is 291 g/mol. The summed E-state index contributed by atoms with van der Waals surface area (Å²) in [7, 11) is 2.11. The Hall–Kier alpha value is -1.81. The summed E-state index contributed by atoms with van der Waals surface area (Å²) in [5, 5.41) is 10.2. The van der Waals surface area contributed by atoms with E-state index in [1.807, 2.05) is 13.8 Å². The first kappa shape index (κ1) is 17.2. The molecule has 1 heterocycles. The summed E-state index contributed by atoms with van der Waals surface area (Å²) < 4.78 is 5.13. The Morgan fingerprint density at radius 3 is 2.29 bits per heavy atom. The van der Waals surface area contributed by atoms with Crippen molar-refractivity contribution >= 4 is 11.0 Å². The molecule has 2 rings (SSSR count). The summed E-state index contributed by atoms with van der Waals surface area (Å²) in [5.41, 5.74) is 1.76. The van der Waals surface area contributed by atoms with Gasteiger partial charge in [0.1, 0.15) is 11.3 Å². The Bertz CT molecular complexity index is 642. The number of nitrogens with zero attached hydrogens (tertiary/aromatic N) is 1. The van der Waals surface area contributed by atoms with Crippen LogP contribution in [-0.2, 0) is 6.42 Å². The highest BCUT2D eigenvalue weighted by molar-refractivity contribution is 5.82. The summed E-state index contributed by atoms with van der Waals surface area (Å²) in [6.07, 6.45) is 0.658. The normalized spacial score (nSPS) is 10.6. The zero-order valence-electron chi connectivity index (χ0n) is 13.6. The first-order valence-corrected chi connectivity index (χ1v) is 7.38. The number of phenolic OH excluding ortho intramolecular Hbond substituents is 1. The van der Waals surface area contributed by atoms with Crippen LogP contribution < -0.4 is 5.63 Å². The standard InChI is InChI=1S/C12H12O3.C5H13N/c1-3-9-7(2)10-5-4-8(13)6-11(10)15-12(9)14;1-4-6(3)5-2/h4-6,13H,3H2,1-2H3;4-5H2,1-3H3. The summed E-state index contributed by atoms with van der Waals surface area (Å²) in [5.74, 6) is 0.106. The first-order valence-electron chi connectivity index (χ1n) is 7.38. The average Bonchev–Trinajstić information content (AvgIpc) is 2.47. The lowest BCUT2D eigenvalue weighted by Crippen LogP contribution is -2.15. The Labute approximate surface area is 126 Å². The molecule has 2 aromatic rings. The maximum Gasteiger partial charge on any atom is 0.339 e. The second-order valence-corrected chi connectivity index (χ2v) is 5.02. The largest absolute Gasteiger partial charge is 0.508 e. The summed E-state index contributed by atoms with van der Waals surface area (Å²) >= 11 is 0. The van der Waals surface area contributed by atoms with Crippen LogP contribution in [0.2, 0.25) is 0 Å². The van der Waals surface area contributed by atoms with E-state index >= 15 is 0 Å². The molecule has 116 valence electrons. The molecule has 0 atom stereocenters. The van der Waals surface area contributed by atoms with Crippen molar-refractivity contribution in [1.29, 1.82) is 0 Å². The van der Waals surface area contributed by atoms with Crippen molar-refractivity contribution < 1.29 is 9.52 Å². The van der Waals surface area contributed by atoms with E-state index < -0.39 is 0 Å². The van der Waals surface area contributed by atoms with E-state index in [0.29, 0.717) is 17.6 Å². The van der Waals surface area contributed by atoms with Crippen LogP contribution in [0.15, 0.2) is 27.4 Å². The van der Waals surface area contributed by atoms with Crippen LogP contribution in [0, 0.1) is 6.92 Å². The minimum Gasteiger partial charge on any atom is -0.508 e. The van der Waals surface area contributed by atoms with Crippen LogP contribution >= 0.6 is 0 Å². The fraction of sp³-hybridized carbons (Fsp3) is 0.471.